The third kappa shape index (κ3) is 4.87. The first-order valence-corrected chi connectivity index (χ1v) is 10.0. The Morgan fingerprint density at radius 1 is 0.871 bits per heavy atom. The first-order chi connectivity index (χ1) is 15.0. The molecule has 0 atom stereocenters. The number of alkyl halides is 1. The van der Waals surface area contributed by atoms with E-state index >= 15 is 0 Å². The van der Waals surface area contributed by atoms with Crippen molar-refractivity contribution in [1.82, 2.24) is 0 Å². The number of ether oxygens (including phenoxy) is 4. The van der Waals surface area contributed by atoms with Gasteiger partial charge in [0.15, 0.2) is 5.78 Å². The maximum Gasteiger partial charge on any atom is 0.239 e. The Morgan fingerprint density at radius 2 is 1.52 bits per heavy atom. The van der Waals surface area contributed by atoms with Gasteiger partial charge in [-0.1, -0.05) is 12.1 Å². The lowest BCUT2D eigenvalue weighted by atomic mass is 9.82. The number of benzene rings is 2. The SMILES string of the molecule is COCCOc1cccc2c1C(=O)c1c(OCCOC)cc(NC(=O)CCl)cc1C2=O. The molecular formula is C22H22ClNO7. The van der Waals surface area contributed by atoms with Crippen molar-refractivity contribution < 1.29 is 33.3 Å². The van der Waals surface area contributed by atoms with Gasteiger partial charge in [-0.05, 0) is 12.1 Å². The van der Waals surface area contributed by atoms with E-state index in [2.05, 4.69) is 5.32 Å². The van der Waals surface area contributed by atoms with Crippen molar-refractivity contribution in [1.29, 1.82) is 0 Å². The van der Waals surface area contributed by atoms with Gasteiger partial charge in [0, 0.05) is 37.1 Å². The van der Waals surface area contributed by atoms with E-state index in [0.717, 1.165) is 0 Å². The molecule has 1 aliphatic carbocycles. The third-order valence-corrected chi connectivity index (χ3v) is 4.81. The lowest BCUT2D eigenvalue weighted by Crippen LogP contribution is -2.24. The minimum Gasteiger partial charge on any atom is -0.490 e. The Balaban J connectivity index is 2.09. The molecule has 31 heavy (non-hydrogen) atoms. The number of ketones is 2. The highest BCUT2D eigenvalue weighted by Crippen LogP contribution is 2.39. The van der Waals surface area contributed by atoms with Gasteiger partial charge >= 0.3 is 0 Å². The fourth-order valence-electron chi connectivity index (χ4n) is 3.22. The average Bonchev–Trinajstić information content (AvgIpc) is 2.77. The number of nitrogens with one attached hydrogen (secondary N) is 1. The number of hydrogen-bond donors (Lipinski definition) is 1. The summed E-state index contributed by atoms with van der Waals surface area (Å²) in [5.74, 6) is -1.03. The van der Waals surface area contributed by atoms with Crippen LogP contribution in [0.3, 0.4) is 0 Å². The Hall–Kier alpha value is -2.94. The highest BCUT2D eigenvalue weighted by atomic mass is 35.5. The molecule has 0 aliphatic heterocycles. The van der Waals surface area contributed by atoms with Crippen molar-refractivity contribution in [3.05, 3.63) is 52.6 Å². The van der Waals surface area contributed by atoms with Crippen molar-refractivity contribution >= 4 is 34.8 Å². The Morgan fingerprint density at radius 3 is 2.16 bits per heavy atom. The van der Waals surface area contributed by atoms with Crippen LogP contribution in [0.1, 0.15) is 31.8 Å². The van der Waals surface area contributed by atoms with Crippen molar-refractivity contribution in [2.24, 2.45) is 0 Å². The Labute approximate surface area is 184 Å². The summed E-state index contributed by atoms with van der Waals surface area (Å²) in [6.45, 7) is 0.979. The molecule has 8 nitrogen and oxygen atoms in total. The highest BCUT2D eigenvalue weighted by Gasteiger charge is 2.35. The second-order valence-corrected chi connectivity index (χ2v) is 6.87. The van der Waals surface area contributed by atoms with Crippen LogP contribution in [0, 0.1) is 0 Å². The Kier molecular flexibility index (Phi) is 7.62. The fourth-order valence-corrected chi connectivity index (χ4v) is 3.29. The zero-order valence-electron chi connectivity index (χ0n) is 17.2. The molecule has 2 aromatic carbocycles. The van der Waals surface area contributed by atoms with Gasteiger partial charge in [-0.2, -0.15) is 0 Å². The average molecular weight is 448 g/mol. The maximum atomic E-state index is 13.5. The summed E-state index contributed by atoms with van der Waals surface area (Å²) in [5.41, 5.74) is 0.932. The third-order valence-electron chi connectivity index (χ3n) is 4.57. The van der Waals surface area contributed by atoms with E-state index in [4.69, 9.17) is 30.5 Å². The number of carbonyl (C=O) groups is 3. The van der Waals surface area contributed by atoms with Crippen LogP contribution >= 0.6 is 11.6 Å². The quantitative estimate of drug-likeness (QED) is 0.376. The predicted octanol–water partition coefficient (Wildman–Crippen LogP) is 2.69. The molecular weight excluding hydrogens is 426 g/mol. The molecule has 0 fully saturated rings. The molecule has 1 aliphatic rings. The topological polar surface area (TPSA) is 100 Å². The molecule has 0 saturated carbocycles. The Bertz CT molecular complexity index is 1010. The summed E-state index contributed by atoms with van der Waals surface area (Å²) in [4.78, 5) is 38.5. The summed E-state index contributed by atoms with van der Waals surface area (Å²) >= 11 is 5.57. The van der Waals surface area contributed by atoms with Gasteiger partial charge in [0.25, 0.3) is 0 Å². The van der Waals surface area contributed by atoms with Crippen LogP contribution in [-0.4, -0.2) is 64.0 Å². The second-order valence-electron chi connectivity index (χ2n) is 6.60. The zero-order chi connectivity index (χ0) is 22.4. The molecule has 0 spiro atoms. The van der Waals surface area contributed by atoms with Gasteiger partial charge in [0.1, 0.15) is 30.6 Å². The van der Waals surface area contributed by atoms with Crippen LogP contribution in [0.4, 0.5) is 5.69 Å². The first-order valence-electron chi connectivity index (χ1n) is 9.51. The monoisotopic (exact) mass is 447 g/mol. The first kappa shape index (κ1) is 22.7. The molecule has 9 heteroatoms. The fraction of sp³-hybridized carbons (Fsp3) is 0.318. The smallest absolute Gasteiger partial charge is 0.239 e. The lowest BCUT2D eigenvalue weighted by Gasteiger charge is -2.23. The van der Waals surface area contributed by atoms with Gasteiger partial charge in [-0.15, -0.1) is 11.6 Å². The van der Waals surface area contributed by atoms with E-state index in [0.29, 0.717) is 18.0 Å². The van der Waals surface area contributed by atoms with Gasteiger partial charge in [0.05, 0.1) is 24.3 Å². The van der Waals surface area contributed by atoms with Gasteiger partial charge < -0.3 is 24.3 Å². The highest BCUT2D eigenvalue weighted by molar-refractivity contribution is 6.31. The molecule has 0 heterocycles. The van der Waals surface area contributed by atoms with E-state index in [-0.39, 0.29) is 59.5 Å². The molecule has 0 saturated heterocycles. The molecule has 0 bridgehead atoms. The van der Waals surface area contributed by atoms with Crippen LogP contribution in [-0.2, 0) is 14.3 Å². The summed E-state index contributed by atoms with van der Waals surface area (Å²) in [6.07, 6.45) is 0. The molecule has 0 radical (unpaired) electrons. The number of carbonyl (C=O) groups excluding carboxylic acids is 3. The zero-order valence-corrected chi connectivity index (χ0v) is 17.9. The number of amides is 1. The van der Waals surface area contributed by atoms with Gasteiger partial charge in [0.2, 0.25) is 11.7 Å². The molecule has 2 aromatic rings. The van der Waals surface area contributed by atoms with Crippen molar-refractivity contribution in [2.75, 3.05) is 51.8 Å². The van der Waals surface area contributed by atoms with Crippen molar-refractivity contribution in [3.63, 3.8) is 0 Å². The van der Waals surface area contributed by atoms with Crippen molar-refractivity contribution in [3.8, 4) is 11.5 Å². The van der Waals surface area contributed by atoms with Crippen LogP contribution < -0.4 is 14.8 Å². The van der Waals surface area contributed by atoms with E-state index in [9.17, 15) is 14.4 Å². The van der Waals surface area contributed by atoms with E-state index < -0.39 is 11.7 Å². The summed E-state index contributed by atoms with van der Waals surface area (Å²) in [7, 11) is 3.06. The standard InChI is InChI=1S/C22H22ClNO7/c1-28-6-8-30-16-5-3-4-14-19(16)22(27)20-15(21(14)26)10-13(24-18(25)12-23)11-17(20)31-9-7-29-2/h3-5,10-11H,6-9,12H2,1-2H3,(H,24,25). The van der Waals surface area contributed by atoms with Crippen LogP contribution in [0.25, 0.3) is 0 Å². The number of hydrogen-bond acceptors (Lipinski definition) is 7. The van der Waals surface area contributed by atoms with Crippen LogP contribution in [0.5, 0.6) is 11.5 Å². The molecule has 3 rings (SSSR count). The number of rotatable bonds is 10. The molecule has 1 amide bonds. The van der Waals surface area contributed by atoms with Gasteiger partial charge in [-0.25, -0.2) is 0 Å². The van der Waals surface area contributed by atoms with E-state index in [1.807, 2.05) is 0 Å². The van der Waals surface area contributed by atoms with Crippen LogP contribution in [0.2, 0.25) is 0 Å². The molecule has 0 aromatic heterocycles. The minimum atomic E-state index is -0.451. The van der Waals surface area contributed by atoms with Crippen LogP contribution in [0.15, 0.2) is 30.3 Å². The second kappa shape index (κ2) is 10.4. The summed E-state index contributed by atoms with van der Waals surface area (Å²) < 4.78 is 21.4. The van der Waals surface area contributed by atoms with Gasteiger partial charge in [-0.3, -0.25) is 14.4 Å². The predicted molar refractivity (Wildman–Crippen MR) is 114 cm³/mol. The normalized spacial score (nSPS) is 12.2. The number of halogens is 1. The molecule has 0 unspecified atom stereocenters. The summed E-state index contributed by atoms with van der Waals surface area (Å²) in [6, 6.07) is 7.78. The molecule has 1 N–H and O–H groups in total. The largest absolute Gasteiger partial charge is 0.490 e. The number of fused-ring (bicyclic) bond motifs is 2. The van der Waals surface area contributed by atoms with E-state index in [1.54, 1.807) is 25.3 Å². The molecule has 164 valence electrons. The van der Waals surface area contributed by atoms with Crippen molar-refractivity contribution in [2.45, 2.75) is 0 Å². The summed E-state index contributed by atoms with van der Waals surface area (Å²) in [5, 5.41) is 2.59. The minimum absolute atomic E-state index is 0.111. The number of methoxy groups -OCH3 is 2. The number of anilines is 1. The maximum absolute atomic E-state index is 13.5. The lowest BCUT2D eigenvalue weighted by molar-refractivity contribution is -0.113. The van der Waals surface area contributed by atoms with E-state index in [1.165, 1.54) is 19.2 Å².